The Morgan fingerprint density at radius 3 is 1.66 bits per heavy atom. The van der Waals surface area contributed by atoms with Crippen molar-refractivity contribution < 1.29 is 37.3 Å². The van der Waals surface area contributed by atoms with Crippen LogP contribution in [0.1, 0.15) is 174 Å². The van der Waals surface area contributed by atoms with Crippen molar-refractivity contribution in [1.82, 2.24) is 0 Å². The van der Waals surface area contributed by atoms with Crippen LogP contribution in [0.4, 0.5) is 0 Å². The maximum atomic E-state index is 12.6. The molecule has 0 aliphatic heterocycles. The lowest BCUT2D eigenvalue weighted by molar-refractivity contribution is -0.870. The van der Waals surface area contributed by atoms with E-state index in [-0.39, 0.29) is 25.8 Å². The van der Waals surface area contributed by atoms with Crippen LogP contribution in [0.2, 0.25) is 0 Å². The number of nitrogens with zero attached hydrogens (tertiary/aromatic N) is 1. The number of hydrogen-bond donors (Lipinski definition) is 1. The summed E-state index contributed by atoms with van der Waals surface area (Å²) in [6, 6.07) is 0. The smallest absolute Gasteiger partial charge is 0.457 e. The molecule has 0 aromatic rings. The normalized spacial score (nSPS) is 14.1. The molecule has 0 aromatic carbocycles. The Kier molecular flexibility index (Phi) is 34.3. The Hall–Kier alpha value is -1.02. The molecule has 0 aliphatic rings. The maximum absolute atomic E-state index is 12.6. The molecule has 0 saturated heterocycles. The molecule has 0 spiro atoms. The molecule has 296 valence electrons. The van der Waals surface area contributed by atoms with Gasteiger partial charge >= 0.3 is 13.8 Å². The van der Waals surface area contributed by atoms with E-state index < -0.39 is 13.9 Å². The van der Waals surface area contributed by atoms with Crippen molar-refractivity contribution >= 4 is 13.8 Å². The van der Waals surface area contributed by atoms with Crippen LogP contribution >= 0.6 is 7.82 Å². The SMILES string of the molecule is CCCCC/C=C\C/C=C\CCCCCCCCOCC(COP(=O)(O)OCC[N+](C)(C)C)OC(=O)CCCCCCCCCCCCCC. The minimum Gasteiger partial charge on any atom is -0.457 e. The zero-order valence-corrected chi connectivity index (χ0v) is 34.3. The first-order chi connectivity index (χ1) is 24.1. The molecule has 0 fully saturated rings. The first-order valence-electron chi connectivity index (χ1n) is 20.6. The van der Waals surface area contributed by atoms with Crippen molar-refractivity contribution in [2.75, 3.05) is 54.1 Å². The number of likely N-dealkylation sites (N-methyl/N-ethyl adjacent to an activating group) is 1. The van der Waals surface area contributed by atoms with Gasteiger partial charge in [-0.1, -0.05) is 147 Å². The Labute approximate surface area is 309 Å². The number of carbonyl (C=O) groups is 1. The van der Waals surface area contributed by atoms with E-state index in [9.17, 15) is 14.3 Å². The van der Waals surface area contributed by atoms with Crippen LogP contribution in [0.3, 0.4) is 0 Å². The highest BCUT2D eigenvalue weighted by molar-refractivity contribution is 7.47. The van der Waals surface area contributed by atoms with Gasteiger partial charge < -0.3 is 18.9 Å². The first-order valence-corrected chi connectivity index (χ1v) is 22.1. The fraction of sp³-hybridized carbons (Fsp3) is 0.878. The van der Waals surface area contributed by atoms with Crippen LogP contribution < -0.4 is 0 Å². The average Bonchev–Trinajstić information content (AvgIpc) is 3.06. The van der Waals surface area contributed by atoms with Crippen molar-refractivity contribution in [2.45, 2.75) is 180 Å². The van der Waals surface area contributed by atoms with E-state index in [2.05, 4.69) is 38.2 Å². The summed E-state index contributed by atoms with van der Waals surface area (Å²) in [7, 11) is 1.66. The lowest BCUT2D eigenvalue weighted by atomic mass is 10.0. The molecule has 8 nitrogen and oxygen atoms in total. The fourth-order valence-electron chi connectivity index (χ4n) is 5.52. The monoisotopic (exact) mass is 731 g/mol. The van der Waals surface area contributed by atoms with Gasteiger partial charge in [0.1, 0.15) is 19.3 Å². The van der Waals surface area contributed by atoms with E-state index in [1.807, 2.05) is 21.1 Å². The van der Waals surface area contributed by atoms with Crippen molar-refractivity contribution in [1.29, 1.82) is 0 Å². The molecule has 0 heterocycles. The number of phosphoric acid groups is 1. The Morgan fingerprint density at radius 2 is 1.10 bits per heavy atom. The second-order valence-corrected chi connectivity index (χ2v) is 16.5. The standard InChI is InChI=1S/C41H80NO7P/c1-6-8-10-12-14-16-18-20-21-22-23-25-27-29-31-33-36-46-38-40(39-48-50(44,45)47-37-35-42(3,4)5)49-41(43)34-32-30-28-26-24-19-17-15-13-11-9-7-2/h14,16,20-21,40H,6-13,15,17-19,22-39H2,1-5H3/p+1/b16-14-,21-20-. The number of carbonyl (C=O) groups excluding carboxylic acids is 1. The van der Waals surface area contributed by atoms with Gasteiger partial charge in [0, 0.05) is 13.0 Å². The van der Waals surface area contributed by atoms with Gasteiger partial charge in [-0.05, 0) is 44.9 Å². The zero-order chi connectivity index (χ0) is 37.0. The number of ether oxygens (including phenoxy) is 2. The van der Waals surface area contributed by atoms with Crippen LogP contribution in [0.5, 0.6) is 0 Å². The summed E-state index contributed by atoms with van der Waals surface area (Å²) >= 11 is 0. The molecule has 50 heavy (non-hydrogen) atoms. The number of phosphoric ester groups is 1. The summed E-state index contributed by atoms with van der Waals surface area (Å²) < 4.78 is 34.9. The van der Waals surface area contributed by atoms with Crippen molar-refractivity contribution in [3.05, 3.63) is 24.3 Å². The minimum atomic E-state index is -4.27. The first kappa shape index (κ1) is 49.0. The number of hydrogen-bond acceptors (Lipinski definition) is 6. The number of quaternary nitrogens is 1. The molecule has 0 aromatic heterocycles. The van der Waals surface area contributed by atoms with Gasteiger partial charge in [0.25, 0.3) is 0 Å². The zero-order valence-electron chi connectivity index (χ0n) is 33.4. The topological polar surface area (TPSA) is 91.3 Å². The van der Waals surface area contributed by atoms with Gasteiger partial charge in [0.05, 0.1) is 34.4 Å². The van der Waals surface area contributed by atoms with Crippen molar-refractivity contribution in [3.63, 3.8) is 0 Å². The van der Waals surface area contributed by atoms with E-state index in [0.717, 1.165) is 44.9 Å². The third-order valence-corrected chi connectivity index (χ3v) is 9.75. The fourth-order valence-corrected chi connectivity index (χ4v) is 6.26. The van der Waals surface area contributed by atoms with Crippen LogP contribution in [0.15, 0.2) is 24.3 Å². The van der Waals surface area contributed by atoms with Crippen LogP contribution in [0, 0.1) is 0 Å². The number of allylic oxidation sites excluding steroid dienone is 4. The molecule has 2 atom stereocenters. The Morgan fingerprint density at radius 1 is 0.620 bits per heavy atom. The molecular formula is C41H81NO7P+. The molecule has 0 rings (SSSR count). The molecular weight excluding hydrogens is 649 g/mol. The van der Waals surface area contributed by atoms with Gasteiger partial charge in [-0.15, -0.1) is 0 Å². The molecule has 0 radical (unpaired) electrons. The van der Waals surface area contributed by atoms with Gasteiger partial charge in [-0.2, -0.15) is 0 Å². The molecule has 0 bridgehead atoms. The summed E-state index contributed by atoms with van der Waals surface area (Å²) in [6.45, 7) is 5.58. The van der Waals surface area contributed by atoms with E-state index >= 15 is 0 Å². The summed E-state index contributed by atoms with van der Waals surface area (Å²) in [5, 5.41) is 0. The lowest BCUT2D eigenvalue weighted by Gasteiger charge is -2.24. The predicted molar refractivity (Wildman–Crippen MR) is 210 cm³/mol. The molecule has 0 aliphatic carbocycles. The largest absolute Gasteiger partial charge is 0.472 e. The lowest BCUT2D eigenvalue weighted by Crippen LogP contribution is -2.37. The molecule has 9 heteroatoms. The number of unbranched alkanes of at least 4 members (excludes halogenated alkanes) is 20. The third kappa shape index (κ3) is 38.2. The second-order valence-electron chi connectivity index (χ2n) is 15.0. The van der Waals surface area contributed by atoms with Gasteiger partial charge in [0.15, 0.2) is 0 Å². The summed E-state index contributed by atoms with van der Waals surface area (Å²) in [6.07, 6.45) is 37.7. The Balaban J connectivity index is 4.27. The van der Waals surface area contributed by atoms with Crippen LogP contribution in [-0.2, 0) is 27.9 Å². The second kappa shape index (κ2) is 35.0. The summed E-state index contributed by atoms with van der Waals surface area (Å²) in [5.74, 6) is -0.318. The summed E-state index contributed by atoms with van der Waals surface area (Å²) in [5.41, 5.74) is 0. The highest BCUT2D eigenvalue weighted by atomic mass is 31.2. The quantitative estimate of drug-likeness (QED) is 0.0222. The highest BCUT2D eigenvalue weighted by Crippen LogP contribution is 2.43. The summed E-state index contributed by atoms with van der Waals surface area (Å²) in [4.78, 5) is 22.8. The van der Waals surface area contributed by atoms with E-state index in [1.54, 1.807) is 0 Å². The minimum absolute atomic E-state index is 0.0880. The van der Waals surface area contributed by atoms with Crippen molar-refractivity contribution in [3.8, 4) is 0 Å². The van der Waals surface area contributed by atoms with Crippen LogP contribution in [0.25, 0.3) is 0 Å². The average molecular weight is 731 g/mol. The Bertz CT molecular complexity index is 858. The molecule has 0 amide bonds. The highest BCUT2D eigenvalue weighted by Gasteiger charge is 2.26. The van der Waals surface area contributed by atoms with E-state index in [4.69, 9.17) is 18.5 Å². The molecule has 2 unspecified atom stereocenters. The number of rotatable bonds is 38. The van der Waals surface area contributed by atoms with Gasteiger partial charge in [0.2, 0.25) is 0 Å². The van der Waals surface area contributed by atoms with E-state index in [0.29, 0.717) is 24.1 Å². The molecule has 1 N–H and O–H groups in total. The van der Waals surface area contributed by atoms with E-state index in [1.165, 1.54) is 109 Å². The maximum Gasteiger partial charge on any atom is 0.472 e. The van der Waals surface area contributed by atoms with Gasteiger partial charge in [-0.25, -0.2) is 4.57 Å². The number of esters is 1. The van der Waals surface area contributed by atoms with Gasteiger partial charge in [-0.3, -0.25) is 13.8 Å². The van der Waals surface area contributed by atoms with Crippen molar-refractivity contribution in [2.24, 2.45) is 0 Å². The molecule has 0 saturated carbocycles. The van der Waals surface area contributed by atoms with Crippen LogP contribution in [-0.4, -0.2) is 75.6 Å². The predicted octanol–water partition coefficient (Wildman–Crippen LogP) is 11.7. The third-order valence-electron chi connectivity index (χ3n) is 8.77.